The van der Waals surface area contributed by atoms with Crippen molar-refractivity contribution in [1.29, 1.82) is 0 Å². The number of ether oxygens (including phenoxy) is 1. The van der Waals surface area contributed by atoms with Crippen molar-refractivity contribution < 1.29 is 18.7 Å². The van der Waals surface area contributed by atoms with Crippen LogP contribution >= 0.6 is 11.8 Å². The summed E-state index contributed by atoms with van der Waals surface area (Å²) in [6.07, 6.45) is 1.29. The van der Waals surface area contributed by atoms with Gasteiger partial charge in [-0.1, -0.05) is 42.1 Å². The number of thioether (sulfide) groups is 1. The highest BCUT2D eigenvalue weighted by Gasteiger charge is 2.29. The van der Waals surface area contributed by atoms with E-state index in [1.165, 1.54) is 11.8 Å². The molecule has 0 bridgehead atoms. The van der Waals surface area contributed by atoms with Gasteiger partial charge in [0.2, 0.25) is 0 Å². The Morgan fingerprint density at radius 3 is 2.63 bits per heavy atom. The Morgan fingerprint density at radius 1 is 1.13 bits per heavy atom. The summed E-state index contributed by atoms with van der Waals surface area (Å²) in [5.41, 5.74) is 3.22. The van der Waals surface area contributed by atoms with E-state index in [0.29, 0.717) is 49.1 Å². The molecule has 6 nitrogen and oxygen atoms in total. The van der Waals surface area contributed by atoms with Crippen LogP contribution < -0.4 is 0 Å². The third-order valence-electron chi connectivity index (χ3n) is 5.28. The van der Waals surface area contributed by atoms with Gasteiger partial charge in [-0.15, -0.1) is 0 Å². The van der Waals surface area contributed by atoms with E-state index in [0.717, 1.165) is 16.7 Å². The average molecular weight is 425 g/mol. The third-order valence-corrected chi connectivity index (χ3v) is 6.15. The van der Waals surface area contributed by atoms with E-state index in [4.69, 9.17) is 9.15 Å². The highest BCUT2D eigenvalue weighted by atomic mass is 32.2. The van der Waals surface area contributed by atoms with Gasteiger partial charge in [-0.05, 0) is 43.5 Å². The van der Waals surface area contributed by atoms with Crippen LogP contribution in [0.2, 0.25) is 0 Å². The first-order valence-corrected chi connectivity index (χ1v) is 11.2. The van der Waals surface area contributed by atoms with Gasteiger partial charge in [0.1, 0.15) is 5.52 Å². The molecule has 2 heterocycles. The number of hydrogen-bond donors (Lipinski definition) is 0. The number of rotatable bonds is 6. The third kappa shape index (κ3) is 4.51. The van der Waals surface area contributed by atoms with E-state index in [1.54, 1.807) is 0 Å². The number of likely N-dealkylation sites (tertiary alicyclic amines) is 1. The molecule has 4 rings (SSSR count). The number of piperidine rings is 1. The van der Waals surface area contributed by atoms with Gasteiger partial charge in [-0.2, -0.15) is 0 Å². The predicted octanol–water partition coefficient (Wildman–Crippen LogP) is 4.54. The maximum atomic E-state index is 13.1. The van der Waals surface area contributed by atoms with Crippen molar-refractivity contribution in [2.45, 2.75) is 30.7 Å². The van der Waals surface area contributed by atoms with Crippen molar-refractivity contribution in [3.63, 3.8) is 0 Å². The Bertz CT molecular complexity index is 1010. The second-order valence-electron chi connectivity index (χ2n) is 7.21. The van der Waals surface area contributed by atoms with Crippen molar-refractivity contribution in [2.75, 3.05) is 19.7 Å². The standard InChI is InChI=1S/C23H24N2O4S/c1-2-28-22(27)16-11-13-25(14-12-16)21(26)18-8-4-3-7-17(18)15-30-23-24-19-9-5-6-10-20(19)29-23/h3-10,16H,2,11-15H2,1H3. The summed E-state index contributed by atoms with van der Waals surface area (Å²) in [6, 6.07) is 15.3. The summed E-state index contributed by atoms with van der Waals surface area (Å²) in [5.74, 6) is 0.332. The maximum absolute atomic E-state index is 13.1. The smallest absolute Gasteiger partial charge is 0.309 e. The van der Waals surface area contributed by atoms with Gasteiger partial charge in [-0.3, -0.25) is 9.59 Å². The van der Waals surface area contributed by atoms with Crippen molar-refractivity contribution in [3.8, 4) is 0 Å². The van der Waals surface area contributed by atoms with E-state index < -0.39 is 0 Å². The van der Waals surface area contributed by atoms with Crippen LogP contribution in [0.4, 0.5) is 0 Å². The van der Waals surface area contributed by atoms with Gasteiger partial charge >= 0.3 is 5.97 Å². The molecular weight excluding hydrogens is 400 g/mol. The molecule has 1 aliphatic rings. The van der Waals surface area contributed by atoms with E-state index >= 15 is 0 Å². The molecule has 1 aliphatic heterocycles. The molecule has 0 spiro atoms. The zero-order chi connectivity index (χ0) is 20.9. The van der Waals surface area contributed by atoms with Crippen LogP contribution in [0, 0.1) is 5.92 Å². The van der Waals surface area contributed by atoms with Crippen molar-refractivity contribution in [1.82, 2.24) is 9.88 Å². The Hall–Kier alpha value is -2.80. The van der Waals surface area contributed by atoms with Gasteiger partial charge in [0.15, 0.2) is 5.58 Å². The molecule has 0 saturated carbocycles. The number of esters is 1. The number of nitrogens with zero attached hydrogens (tertiary/aromatic N) is 2. The van der Waals surface area contributed by atoms with Crippen LogP contribution in [0.1, 0.15) is 35.7 Å². The highest BCUT2D eigenvalue weighted by Crippen LogP contribution is 2.28. The molecule has 0 unspecified atom stereocenters. The van der Waals surface area contributed by atoms with Gasteiger partial charge in [0.05, 0.1) is 12.5 Å². The second-order valence-corrected chi connectivity index (χ2v) is 8.14. The number of fused-ring (bicyclic) bond motifs is 1. The van der Waals surface area contributed by atoms with Crippen LogP contribution in [0.3, 0.4) is 0 Å². The minimum absolute atomic E-state index is 0.00562. The Labute approximate surface area is 179 Å². The molecular formula is C23H24N2O4S. The van der Waals surface area contributed by atoms with Crippen LogP contribution in [0.25, 0.3) is 11.1 Å². The fourth-order valence-corrected chi connectivity index (χ4v) is 4.50. The molecule has 0 aliphatic carbocycles. The van der Waals surface area contributed by atoms with Crippen LogP contribution in [-0.2, 0) is 15.3 Å². The van der Waals surface area contributed by atoms with Crippen LogP contribution in [-0.4, -0.2) is 41.5 Å². The summed E-state index contributed by atoms with van der Waals surface area (Å²) >= 11 is 1.48. The van der Waals surface area contributed by atoms with Crippen LogP contribution in [0.15, 0.2) is 58.2 Å². The number of carbonyl (C=O) groups excluding carboxylic acids is 2. The molecule has 1 saturated heterocycles. The van der Waals surface area contributed by atoms with Gasteiger partial charge in [0, 0.05) is 24.4 Å². The lowest BCUT2D eigenvalue weighted by Crippen LogP contribution is -2.41. The largest absolute Gasteiger partial charge is 0.466 e. The van der Waals surface area contributed by atoms with E-state index in [2.05, 4.69) is 4.98 Å². The van der Waals surface area contributed by atoms with Gasteiger partial charge in [-0.25, -0.2) is 4.98 Å². The second kappa shape index (κ2) is 9.34. The van der Waals surface area contributed by atoms with Gasteiger partial charge < -0.3 is 14.1 Å². The first kappa shape index (κ1) is 20.5. The molecule has 30 heavy (non-hydrogen) atoms. The number of para-hydroxylation sites is 2. The maximum Gasteiger partial charge on any atom is 0.309 e. The van der Waals surface area contributed by atoms with E-state index in [1.807, 2.05) is 60.4 Å². The van der Waals surface area contributed by atoms with Crippen molar-refractivity contribution in [3.05, 3.63) is 59.7 Å². The molecule has 0 radical (unpaired) electrons. The molecule has 1 fully saturated rings. The Kier molecular flexibility index (Phi) is 6.38. The Balaban J connectivity index is 1.41. The summed E-state index contributed by atoms with van der Waals surface area (Å²) in [7, 11) is 0. The molecule has 3 aromatic rings. The number of benzene rings is 2. The quantitative estimate of drug-likeness (QED) is 0.427. The van der Waals surface area contributed by atoms with E-state index in [9.17, 15) is 9.59 Å². The molecule has 7 heteroatoms. The van der Waals surface area contributed by atoms with Gasteiger partial charge in [0.25, 0.3) is 11.1 Å². The van der Waals surface area contributed by atoms with Crippen molar-refractivity contribution in [2.24, 2.45) is 5.92 Å². The number of aromatic nitrogens is 1. The lowest BCUT2D eigenvalue weighted by atomic mass is 9.96. The highest BCUT2D eigenvalue weighted by molar-refractivity contribution is 7.98. The minimum atomic E-state index is -0.153. The SMILES string of the molecule is CCOC(=O)C1CCN(C(=O)c2ccccc2CSc2nc3ccccc3o2)CC1. The zero-order valence-corrected chi connectivity index (χ0v) is 17.7. The summed E-state index contributed by atoms with van der Waals surface area (Å²) in [4.78, 5) is 31.4. The first-order chi connectivity index (χ1) is 14.7. The fraction of sp³-hybridized carbons (Fsp3) is 0.348. The predicted molar refractivity (Wildman–Crippen MR) is 115 cm³/mol. The van der Waals surface area contributed by atoms with Crippen LogP contribution in [0.5, 0.6) is 0 Å². The number of hydrogen-bond acceptors (Lipinski definition) is 6. The number of amides is 1. The number of oxazole rings is 1. The molecule has 0 atom stereocenters. The zero-order valence-electron chi connectivity index (χ0n) is 16.9. The molecule has 2 aromatic carbocycles. The lowest BCUT2D eigenvalue weighted by molar-refractivity contribution is -0.149. The summed E-state index contributed by atoms with van der Waals surface area (Å²) in [5, 5.41) is 0.591. The topological polar surface area (TPSA) is 72.6 Å². The molecule has 0 N–H and O–H groups in total. The van der Waals surface area contributed by atoms with Crippen molar-refractivity contribution >= 4 is 34.7 Å². The Morgan fingerprint density at radius 2 is 1.87 bits per heavy atom. The number of carbonyl (C=O) groups is 2. The molecule has 1 amide bonds. The minimum Gasteiger partial charge on any atom is -0.466 e. The normalized spacial score (nSPS) is 14.8. The molecule has 1 aromatic heterocycles. The summed E-state index contributed by atoms with van der Waals surface area (Å²) in [6.45, 7) is 3.33. The lowest BCUT2D eigenvalue weighted by Gasteiger charge is -2.31. The fourth-order valence-electron chi connectivity index (χ4n) is 3.66. The monoisotopic (exact) mass is 424 g/mol. The molecule has 156 valence electrons. The average Bonchev–Trinajstić information content (AvgIpc) is 3.21. The summed E-state index contributed by atoms with van der Waals surface area (Å²) < 4.78 is 10.9. The van der Waals surface area contributed by atoms with E-state index in [-0.39, 0.29) is 17.8 Å². The first-order valence-electron chi connectivity index (χ1n) is 10.2.